The van der Waals surface area contributed by atoms with Crippen LogP contribution < -0.4 is 4.80 Å². The highest BCUT2D eigenvalue weighted by Gasteiger charge is 2.16. The van der Waals surface area contributed by atoms with E-state index in [1.54, 1.807) is 12.1 Å². The van der Waals surface area contributed by atoms with Gasteiger partial charge in [-0.25, -0.2) is 0 Å². The lowest BCUT2D eigenvalue weighted by molar-refractivity contribution is 0.0998. The highest BCUT2D eigenvalue weighted by atomic mass is 79.9. The topological polar surface area (TPSA) is 34.4 Å². The lowest BCUT2D eigenvalue weighted by Gasteiger charge is -2.07. The van der Waals surface area contributed by atoms with Crippen molar-refractivity contribution in [1.82, 2.24) is 4.57 Å². The Kier molecular flexibility index (Phi) is 5.37. The summed E-state index contributed by atoms with van der Waals surface area (Å²) in [5.74, 6) is -0.252. The van der Waals surface area contributed by atoms with Crippen LogP contribution in [0.15, 0.2) is 94.4 Å². The van der Waals surface area contributed by atoms with Gasteiger partial charge in [-0.15, -0.1) is 0 Å². The summed E-state index contributed by atoms with van der Waals surface area (Å²) in [6, 6.07) is 27.7. The van der Waals surface area contributed by atoms with Gasteiger partial charge in [0.1, 0.15) is 0 Å². The minimum absolute atomic E-state index is 0.252. The summed E-state index contributed by atoms with van der Waals surface area (Å²) in [6.45, 7) is 0. The summed E-state index contributed by atoms with van der Waals surface area (Å²) in [6.07, 6.45) is 0. The van der Waals surface area contributed by atoms with Crippen molar-refractivity contribution in [3.63, 3.8) is 0 Å². The molecule has 3 nitrogen and oxygen atoms in total. The average Bonchev–Trinajstić information content (AvgIpc) is 3.05. The molecule has 0 aliphatic carbocycles. The van der Waals surface area contributed by atoms with Crippen LogP contribution >= 0.6 is 27.3 Å². The van der Waals surface area contributed by atoms with Crippen LogP contribution in [0.4, 0.5) is 0 Å². The number of nitrogens with zero attached hydrogens (tertiary/aromatic N) is 2. The Balaban J connectivity index is 1.90. The molecule has 138 valence electrons. The third-order valence-electron chi connectivity index (χ3n) is 4.38. The van der Waals surface area contributed by atoms with Crippen molar-refractivity contribution >= 4 is 33.2 Å². The van der Waals surface area contributed by atoms with Crippen molar-refractivity contribution in [2.75, 3.05) is 0 Å². The van der Waals surface area contributed by atoms with Crippen molar-refractivity contribution in [2.45, 2.75) is 0 Å². The predicted molar refractivity (Wildman–Crippen MR) is 118 cm³/mol. The number of hydrogen-bond acceptors (Lipinski definition) is 2. The van der Waals surface area contributed by atoms with Crippen molar-refractivity contribution in [1.29, 1.82) is 0 Å². The molecule has 1 amide bonds. The SMILES string of the molecule is Cn1c(-c2ccccc2)c(-c2ccccc2)sc1=NC(=O)c1cccc(Br)c1. The molecule has 4 aromatic rings. The molecule has 0 saturated heterocycles. The van der Waals surface area contributed by atoms with Crippen molar-refractivity contribution in [2.24, 2.45) is 12.0 Å². The van der Waals surface area contributed by atoms with Gasteiger partial charge in [-0.1, -0.05) is 94.0 Å². The summed E-state index contributed by atoms with van der Waals surface area (Å²) in [5.41, 5.74) is 3.82. The van der Waals surface area contributed by atoms with E-state index in [4.69, 9.17) is 0 Å². The van der Waals surface area contributed by atoms with Crippen LogP contribution in [0.1, 0.15) is 10.4 Å². The first-order chi connectivity index (χ1) is 13.6. The summed E-state index contributed by atoms with van der Waals surface area (Å²) in [4.78, 5) is 18.9. The largest absolute Gasteiger partial charge is 0.319 e. The lowest BCUT2D eigenvalue weighted by atomic mass is 10.1. The van der Waals surface area contributed by atoms with Gasteiger partial charge in [-0.2, -0.15) is 4.99 Å². The molecule has 0 unspecified atom stereocenters. The minimum atomic E-state index is -0.252. The quantitative estimate of drug-likeness (QED) is 0.382. The van der Waals surface area contributed by atoms with Crippen LogP contribution in [-0.4, -0.2) is 10.5 Å². The van der Waals surface area contributed by atoms with Crippen molar-refractivity contribution in [3.05, 3.63) is 99.8 Å². The number of hydrogen-bond donors (Lipinski definition) is 0. The Morgan fingerprint density at radius 1 is 0.893 bits per heavy atom. The van der Waals surface area contributed by atoms with E-state index in [9.17, 15) is 4.79 Å². The molecule has 0 saturated carbocycles. The number of carbonyl (C=O) groups is 1. The van der Waals surface area contributed by atoms with E-state index in [2.05, 4.69) is 45.2 Å². The first-order valence-corrected chi connectivity index (χ1v) is 10.4. The molecule has 0 atom stereocenters. The van der Waals surface area contributed by atoms with Crippen LogP contribution in [0.25, 0.3) is 21.7 Å². The number of thiazole rings is 1. The molecule has 5 heteroatoms. The fourth-order valence-corrected chi connectivity index (χ4v) is 4.58. The third kappa shape index (κ3) is 3.77. The summed E-state index contributed by atoms with van der Waals surface area (Å²) >= 11 is 4.94. The Morgan fingerprint density at radius 2 is 1.54 bits per heavy atom. The standard InChI is InChI=1S/C23H17BrN2OS/c1-26-20(16-9-4-2-5-10-16)21(17-11-6-3-7-12-17)28-23(26)25-22(27)18-13-8-14-19(24)15-18/h2-15H,1H3. The van der Waals surface area contributed by atoms with Gasteiger partial charge in [0.05, 0.1) is 10.6 Å². The third-order valence-corrected chi connectivity index (χ3v) is 6.06. The van der Waals surface area contributed by atoms with E-state index in [1.165, 1.54) is 11.3 Å². The van der Waals surface area contributed by atoms with E-state index in [0.717, 1.165) is 26.2 Å². The van der Waals surface area contributed by atoms with E-state index >= 15 is 0 Å². The van der Waals surface area contributed by atoms with Gasteiger partial charge in [0.25, 0.3) is 5.91 Å². The van der Waals surface area contributed by atoms with E-state index in [-0.39, 0.29) is 5.91 Å². The average molecular weight is 449 g/mol. The maximum Gasteiger partial charge on any atom is 0.279 e. The Hall–Kier alpha value is -2.76. The van der Waals surface area contributed by atoms with Crippen LogP contribution in [-0.2, 0) is 7.05 Å². The molecule has 0 bridgehead atoms. The van der Waals surface area contributed by atoms with Crippen molar-refractivity contribution < 1.29 is 4.79 Å². The van der Waals surface area contributed by atoms with E-state index in [1.807, 2.05) is 60.1 Å². The molecule has 0 aliphatic rings. The molecule has 1 heterocycles. The highest BCUT2D eigenvalue weighted by molar-refractivity contribution is 9.10. The molecular formula is C23H17BrN2OS. The van der Waals surface area contributed by atoms with Gasteiger partial charge in [0.15, 0.2) is 4.80 Å². The first-order valence-electron chi connectivity index (χ1n) is 8.79. The molecule has 3 aromatic carbocycles. The predicted octanol–water partition coefficient (Wildman–Crippen LogP) is 5.92. The first kappa shape index (κ1) is 18.6. The molecule has 0 aliphatic heterocycles. The highest BCUT2D eigenvalue weighted by Crippen LogP contribution is 2.34. The summed E-state index contributed by atoms with van der Waals surface area (Å²) < 4.78 is 2.86. The lowest BCUT2D eigenvalue weighted by Crippen LogP contribution is -2.14. The van der Waals surface area contributed by atoms with Crippen LogP contribution in [0, 0.1) is 0 Å². The Bertz CT molecular complexity index is 1190. The zero-order valence-corrected chi connectivity index (χ0v) is 17.6. The zero-order valence-electron chi connectivity index (χ0n) is 15.2. The van der Waals surface area contributed by atoms with Gasteiger partial charge in [-0.05, 0) is 29.3 Å². The fraction of sp³-hybridized carbons (Fsp3) is 0.0435. The van der Waals surface area contributed by atoms with E-state index in [0.29, 0.717) is 10.4 Å². The zero-order chi connectivity index (χ0) is 19.5. The molecule has 0 fully saturated rings. The molecular weight excluding hydrogens is 432 g/mol. The number of amides is 1. The van der Waals surface area contributed by atoms with Gasteiger partial charge in [-0.3, -0.25) is 4.79 Å². The molecule has 0 N–H and O–H groups in total. The van der Waals surface area contributed by atoms with Gasteiger partial charge < -0.3 is 4.57 Å². The van der Waals surface area contributed by atoms with Gasteiger partial charge in [0.2, 0.25) is 0 Å². The minimum Gasteiger partial charge on any atom is -0.319 e. The molecule has 1 aromatic heterocycles. The molecule has 0 radical (unpaired) electrons. The number of aromatic nitrogens is 1. The monoisotopic (exact) mass is 448 g/mol. The second kappa shape index (κ2) is 8.09. The number of benzene rings is 3. The number of rotatable bonds is 3. The molecule has 28 heavy (non-hydrogen) atoms. The number of carbonyl (C=O) groups excluding carboxylic acids is 1. The molecule has 0 spiro atoms. The van der Waals surface area contributed by atoms with Gasteiger partial charge in [0, 0.05) is 17.1 Å². The number of halogens is 1. The normalized spacial score (nSPS) is 11.6. The van der Waals surface area contributed by atoms with Crippen LogP contribution in [0.3, 0.4) is 0 Å². The van der Waals surface area contributed by atoms with Gasteiger partial charge >= 0.3 is 0 Å². The fourth-order valence-electron chi connectivity index (χ4n) is 3.03. The maximum atomic E-state index is 12.7. The second-order valence-electron chi connectivity index (χ2n) is 6.28. The Morgan fingerprint density at radius 3 is 2.18 bits per heavy atom. The van der Waals surface area contributed by atoms with Crippen molar-refractivity contribution in [3.8, 4) is 21.7 Å². The van der Waals surface area contributed by atoms with Crippen LogP contribution in [0.2, 0.25) is 0 Å². The summed E-state index contributed by atoms with van der Waals surface area (Å²) in [7, 11) is 1.96. The van der Waals surface area contributed by atoms with Crippen LogP contribution in [0.5, 0.6) is 0 Å². The molecule has 4 rings (SSSR count). The Labute approximate surface area is 175 Å². The summed E-state index contributed by atoms with van der Waals surface area (Å²) in [5, 5.41) is 0. The second-order valence-corrected chi connectivity index (χ2v) is 8.17. The maximum absolute atomic E-state index is 12.7. The smallest absolute Gasteiger partial charge is 0.279 e. The van der Waals surface area contributed by atoms with E-state index < -0.39 is 0 Å².